The van der Waals surface area contributed by atoms with Gasteiger partial charge in [0.2, 0.25) is 4.73 Å². The molecular formula is C15H14BrN3O4S. The lowest BCUT2D eigenvalue weighted by Crippen LogP contribution is -2.18. The Morgan fingerprint density at radius 3 is 2.75 bits per heavy atom. The van der Waals surface area contributed by atoms with Crippen molar-refractivity contribution in [3.05, 3.63) is 22.4 Å². The summed E-state index contributed by atoms with van der Waals surface area (Å²) in [7, 11) is 0. The molecule has 0 saturated heterocycles. The Kier molecular flexibility index (Phi) is 4.13. The van der Waals surface area contributed by atoms with Crippen LogP contribution in [0.1, 0.15) is 24.3 Å². The van der Waals surface area contributed by atoms with E-state index < -0.39 is 5.97 Å². The lowest BCUT2D eigenvalue weighted by molar-refractivity contribution is -0.133. The van der Waals surface area contributed by atoms with E-state index >= 15 is 0 Å². The summed E-state index contributed by atoms with van der Waals surface area (Å²) in [6, 6.07) is 4.01. The van der Waals surface area contributed by atoms with Gasteiger partial charge in [-0.25, -0.2) is 0 Å². The van der Waals surface area contributed by atoms with Crippen LogP contribution in [0.25, 0.3) is 5.69 Å². The van der Waals surface area contributed by atoms with Gasteiger partial charge < -0.3 is 14.6 Å². The van der Waals surface area contributed by atoms with Gasteiger partial charge in [-0.05, 0) is 40.8 Å². The van der Waals surface area contributed by atoms with Crippen LogP contribution in [0.2, 0.25) is 0 Å². The number of thioether (sulfide) groups is 1. The van der Waals surface area contributed by atoms with Crippen LogP contribution in [0.15, 0.2) is 22.0 Å². The molecule has 126 valence electrons. The molecule has 7 nitrogen and oxygen atoms in total. The van der Waals surface area contributed by atoms with E-state index in [0.29, 0.717) is 34.8 Å². The van der Waals surface area contributed by atoms with Gasteiger partial charge in [0.25, 0.3) is 0 Å². The van der Waals surface area contributed by atoms with Gasteiger partial charge in [0.05, 0.1) is 11.4 Å². The molecule has 1 aromatic carbocycles. The smallest absolute Gasteiger partial charge is 0.313 e. The van der Waals surface area contributed by atoms with E-state index in [-0.39, 0.29) is 5.75 Å². The van der Waals surface area contributed by atoms with Crippen LogP contribution in [0.3, 0.4) is 0 Å². The molecule has 1 fully saturated rings. The van der Waals surface area contributed by atoms with Gasteiger partial charge in [-0.1, -0.05) is 17.8 Å². The fourth-order valence-electron chi connectivity index (χ4n) is 2.71. The van der Waals surface area contributed by atoms with Crippen molar-refractivity contribution in [1.82, 2.24) is 14.8 Å². The average molecular weight is 412 g/mol. The Morgan fingerprint density at radius 1 is 1.29 bits per heavy atom. The summed E-state index contributed by atoms with van der Waals surface area (Å²) < 4.78 is 14.0. The first kappa shape index (κ1) is 15.8. The van der Waals surface area contributed by atoms with Crippen molar-refractivity contribution in [2.75, 3.05) is 19.0 Å². The molecule has 1 aromatic heterocycles. The first-order valence-corrected chi connectivity index (χ1v) is 9.31. The summed E-state index contributed by atoms with van der Waals surface area (Å²) >= 11 is 4.49. The van der Waals surface area contributed by atoms with Gasteiger partial charge >= 0.3 is 5.97 Å². The molecule has 0 bridgehead atoms. The summed E-state index contributed by atoms with van der Waals surface area (Å²) in [5, 5.41) is 17.5. The second-order valence-corrected chi connectivity index (χ2v) is 7.22. The summed E-state index contributed by atoms with van der Waals surface area (Å²) in [6.45, 7) is 1.01. The predicted octanol–water partition coefficient (Wildman–Crippen LogP) is 2.86. The normalized spacial score (nSPS) is 16.2. The highest BCUT2D eigenvalue weighted by atomic mass is 79.9. The monoisotopic (exact) mass is 411 g/mol. The number of carboxylic acid groups (broad SMARTS) is 1. The Bertz CT molecular complexity index is 806. The van der Waals surface area contributed by atoms with E-state index in [4.69, 9.17) is 14.6 Å². The van der Waals surface area contributed by atoms with Crippen molar-refractivity contribution in [3.8, 4) is 17.2 Å². The highest BCUT2D eigenvalue weighted by Crippen LogP contribution is 2.50. The maximum Gasteiger partial charge on any atom is 0.313 e. The zero-order valence-corrected chi connectivity index (χ0v) is 15.0. The largest absolute Gasteiger partial charge is 0.486 e. The number of carbonyl (C=O) groups is 1. The molecule has 0 spiro atoms. The van der Waals surface area contributed by atoms with Gasteiger partial charge in [0.15, 0.2) is 16.7 Å². The first-order chi connectivity index (χ1) is 11.6. The van der Waals surface area contributed by atoms with Crippen molar-refractivity contribution >= 4 is 33.7 Å². The van der Waals surface area contributed by atoms with E-state index in [1.807, 2.05) is 6.07 Å². The number of carboxylic acids is 1. The molecule has 0 amide bonds. The number of rotatable bonds is 5. The molecule has 1 N–H and O–H groups in total. The minimum absolute atomic E-state index is 0.0924. The molecule has 2 aliphatic rings. The van der Waals surface area contributed by atoms with Crippen LogP contribution in [0, 0.1) is 0 Å². The van der Waals surface area contributed by atoms with Crippen LogP contribution < -0.4 is 9.47 Å². The Hall–Kier alpha value is -1.74. The zero-order chi connectivity index (χ0) is 16.7. The third-order valence-corrected chi connectivity index (χ3v) is 5.30. The fraction of sp³-hybridized carbons (Fsp3) is 0.400. The van der Waals surface area contributed by atoms with E-state index in [0.717, 1.165) is 23.2 Å². The minimum atomic E-state index is -0.906. The zero-order valence-electron chi connectivity index (χ0n) is 12.6. The van der Waals surface area contributed by atoms with Crippen molar-refractivity contribution < 1.29 is 19.4 Å². The van der Waals surface area contributed by atoms with Crippen LogP contribution in [-0.4, -0.2) is 44.8 Å². The molecular weight excluding hydrogens is 398 g/mol. The summed E-state index contributed by atoms with van der Waals surface area (Å²) in [5.74, 6) is 1.00. The minimum Gasteiger partial charge on any atom is -0.486 e. The Balaban J connectivity index is 1.79. The highest BCUT2D eigenvalue weighted by Gasteiger charge is 2.32. The van der Waals surface area contributed by atoms with Gasteiger partial charge in [0.1, 0.15) is 13.2 Å². The number of hydrogen-bond donors (Lipinski definition) is 1. The molecule has 0 radical (unpaired) electrons. The van der Waals surface area contributed by atoms with E-state index in [1.54, 1.807) is 4.57 Å². The molecule has 2 heterocycles. The third-order valence-electron chi connectivity index (χ3n) is 3.87. The SMILES string of the molecule is O=C(O)CSc1nnc(Br)n1-c1ccc(C2CC2)c2c1OCCO2. The fourth-order valence-corrected chi connectivity index (χ4v) is 3.93. The Labute approximate surface area is 150 Å². The standard InChI is InChI=1S/C15H14BrN3O4S/c16-14-17-18-15(24-7-11(20)21)19(14)10-4-3-9(8-1-2-8)12-13(10)23-6-5-22-12/h3-4,8H,1-2,5-7H2,(H,20,21). The maximum atomic E-state index is 10.9. The van der Waals surface area contributed by atoms with Crippen LogP contribution >= 0.6 is 27.7 Å². The quantitative estimate of drug-likeness (QED) is 0.756. The highest BCUT2D eigenvalue weighted by molar-refractivity contribution is 9.10. The molecule has 1 aliphatic heterocycles. The van der Waals surface area contributed by atoms with Gasteiger partial charge in [-0.15, -0.1) is 10.2 Å². The van der Waals surface area contributed by atoms with Crippen molar-refractivity contribution in [2.45, 2.75) is 23.9 Å². The average Bonchev–Trinajstić information content (AvgIpc) is 3.35. The number of benzene rings is 1. The number of ether oxygens (including phenoxy) is 2. The number of nitrogens with zero attached hydrogens (tertiary/aromatic N) is 3. The number of halogens is 1. The number of aromatic nitrogens is 3. The molecule has 24 heavy (non-hydrogen) atoms. The Morgan fingerprint density at radius 2 is 2.04 bits per heavy atom. The number of aliphatic carboxylic acids is 1. The molecule has 4 rings (SSSR count). The van der Waals surface area contributed by atoms with Crippen molar-refractivity contribution in [1.29, 1.82) is 0 Å². The van der Waals surface area contributed by atoms with Crippen molar-refractivity contribution in [2.24, 2.45) is 0 Å². The third kappa shape index (κ3) is 2.86. The van der Waals surface area contributed by atoms with Crippen LogP contribution in [0.5, 0.6) is 11.5 Å². The first-order valence-electron chi connectivity index (χ1n) is 7.53. The van der Waals surface area contributed by atoms with Crippen LogP contribution in [-0.2, 0) is 4.79 Å². The second kappa shape index (κ2) is 6.29. The van der Waals surface area contributed by atoms with Gasteiger partial charge in [-0.3, -0.25) is 9.36 Å². The molecule has 1 aliphatic carbocycles. The van der Waals surface area contributed by atoms with Crippen molar-refractivity contribution in [3.63, 3.8) is 0 Å². The second-order valence-electron chi connectivity index (χ2n) is 5.57. The molecule has 2 aromatic rings. The lowest BCUT2D eigenvalue weighted by atomic mass is 10.1. The van der Waals surface area contributed by atoms with E-state index in [1.165, 1.54) is 18.4 Å². The molecule has 0 atom stereocenters. The predicted molar refractivity (Wildman–Crippen MR) is 90.4 cm³/mol. The summed E-state index contributed by atoms with van der Waals surface area (Å²) in [6.07, 6.45) is 2.34. The summed E-state index contributed by atoms with van der Waals surface area (Å²) in [4.78, 5) is 10.9. The van der Waals surface area contributed by atoms with Gasteiger partial charge in [-0.2, -0.15) is 0 Å². The maximum absolute atomic E-state index is 10.9. The number of hydrogen-bond acceptors (Lipinski definition) is 6. The molecule has 9 heteroatoms. The molecule has 1 saturated carbocycles. The van der Waals surface area contributed by atoms with Gasteiger partial charge in [0, 0.05) is 5.56 Å². The topological polar surface area (TPSA) is 86.5 Å². The van der Waals surface area contributed by atoms with E-state index in [2.05, 4.69) is 32.2 Å². The number of fused-ring (bicyclic) bond motifs is 1. The lowest BCUT2D eigenvalue weighted by Gasteiger charge is -2.24. The molecule has 0 unspecified atom stereocenters. The summed E-state index contributed by atoms with van der Waals surface area (Å²) in [5.41, 5.74) is 1.93. The van der Waals surface area contributed by atoms with Crippen LogP contribution in [0.4, 0.5) is 0 Å². The van der Waals surface area contributed by atoms with E-state index in [9.17, 15) is 4.79 Å².